The minimum Gasteiger partial charge on any atom is -0.396 e. The Hall–Kier alpha value is -1.35. The average molecular weight is 263 g/mol. The third-order valence-electron chi connectivity index (χ3n) is 4.10. The van der Waals surface area contributed by atoms with Crippen LogP contribution in [0.5, 0.6) is 0 Å². The fraction of sp³-hybridized carbons (Fsp3) is 0.562. The van der Waals surface area contributed by atoms with Gasteiger partial charge in [0, 0.05) is 18.7 Å². The molecule has 1 rings (SSSR count). The number of benzene rings is 1. The minimum absolute atomic E-state index is 0.000796. The van der Waals surface area contributed by atoms with E-state index in [2.05, 4.69) is 26.1 Å². The Morgan fingerprint density at radius 3 is 1.84 bits per heavy atom. The topological polar surface area (TPSA) is 49.3 Å². The van der Waals surface area contributed by atoms with Crippen LogP contribution in [0.4, 0.5) is 0 Å². The first kappa shape index (κ1) is 15.7. The van der Waals surface area contributed by atoms with E-state index in [1.807, 2.05) is 13.8 Å². The molecule has 0 bridgehead atoms. The SMILES string of the molecule is Cc1c(C)c(C)c(C(=O)NCCCCO)c(C)c1C. The van der Waals surface area contributed by atoms with Gasteiger partial charge >= 0.3 is 0 Å². The first-order valence-electron chi connectivity index (χ1n) is 6.87. The van der Waals surface area contributed by atoms with E-state index in [9.17, 15) is 4.79 Å². The maximum absolute atomic E-state index is 12.3. The lowest BCUT2D eigenvalue weighted by Crippen LogP contribution is -2.27. The van der Waals surface area contributed by atoms with E-state index in [1.165, 1.54) is 16.7 Å². The highest BCUT2D eigenvalue weighted by Gasteiger charge is 2.17. The van der Waals surface area contributed by atoms with Crippen molar-refractivity contribution >= 4 is 5.91 Å². The molecule has 1 amide bonds. The lowest BCUT2D eigenvalue weighted by Gasteiger charge is -2.18. The number of aliphatic hydroxyl groups excluding tert-OH is 1. The summed E-state index contributed by atoms with van der Waals surface area (Å²) < 4.78 is 0. The second-order valence-electron chi connectivity index (χ2n) is 5.19. The predicted octanol–water partition coefficient (Wildman–Crippen LogP) is 2.73. The highest BCUT2D eigenvalue weighted by molar-refractivity contribution is 5.98. The Labute approximate surface area is 116 Å². The molecule has 0 atom stereocenters. The Balaban J connectivity index is 2.97. The van der Waals surface area contributed by atoms with Crippen molar-refractivity contribution in [1.82, 2.24) is 5.32 Å². The molecule has 3 nitrogen and oxygen atoms in total. The third-order valence-corrected chi connectivity index (χ3v) is 4.10. The average Bonchev–Trinajstić information content (AvgIpc) is 2.39. The molecule has 0 fully saturated rings. The normalized spacial score (nSPS) is 10.6. The smallest absolute Gasteiger partial charge is 0.251 e. The first-order valence-corrected chi connectivity index (χ1v) is 6.87. The molecule has 1 aromatic carbocycles. The summed E-state index contributed by atoms with van der Waals surface area (Å²) in [6.45, 7) is 11.1. The van der Waals surface area contributed by atoms with Gasteiger partial charge in [-0.1, -0.05) is 0 Å². The quantitative estimate of drug-likeness (QED) is 0.803. The zero-order valence-corrected chi connectivity index (χ0v) is 12.7. The van der Waals surface area contributed by atoms with Crippen molar-refractivity contribution in [1.29, 1.82) is 0 Å². The highest BCUT2D eigenvalue weighted by Crippen LogP contribution is 2.25. The minimum atomic E-state index is -0.000796. The molecule has 0 aliphatic carbocycles. The molecule has 0 unspecified atom stereocenters. The molecule has 1 aromatic rings. The van der Waals surface area contributed by atoms with Crippen molar-refractivity contribution in [2.75, 3.05) is 13.2 Å². The first-order chi connectivity index (χ1) is 8.91. The van der Waals surface area contributed by atoms with E-state index in [-0.39, 0.29) is 12.5 Å². The standard InChI is InChI=1S/C16H25NO2/c1-10-11(2)13(4)15(14(5)12(10)3)16(19)17-8-6-7-9-18/h18H,6-9H2,1-5H3,(H,17,19). The summed E-state index contributed by atoms with van der Waals surface area (Å²) in [5, 5.41) is 11.7. The molecule has 106 valence electrons. The molecule has 0 aliphatic rings. The Bertz CT molecular complexity index is 449. The van der Waals surface area contributed by atoms with Crippen LogP contribution in [0.3, 0.4) is 0 Å². The van der Waals surface area contributed by atoms with E-state index >= 15 is 0 Å². The number of aliphatic hydroxyl groups is 1. The van der Waals surface area contributed by atoms with Crippen molar-refractivity contribution in [3.63, 3.8) is 0 Å². The molecule has 0 aromatic heterocycles. The summed E-state index contributed by atoms with van der Waals surface area (Å²) in [4.78, 5) is 12.3. The molecular weight excluding hydrogens is 238 g/mol. The summed E-state index contributed by atoms with van der Waals surface area (Å²) in [6, 6.07) is 0. The molecular formula is C16H25NO2. The largest absolute Gasteiger partial charge is 0.396 e. The van der Waals surface area contributed by atoms with Crippen LogP contribution < -0.4 is 5.32 Å². The van der Waals surface area contributed by atoms with Crippen LogP contribution in [0.1, 0.15) is 51.0 Å². The summed E-state index contributed by atoms with van der Waals surface area (Å²) >= 11 is 0. The fourth-order valence-electron chi connectivity index (χ4n) is 2.37. The van der Waals surface area contributed by atoms with Gasteiger partial charge in [-0.25, -0.2) is 0 Å². The fourth-order valence-corrected chi connectivity index (χ4v) is 2.37. The maximum atomic E-state index is 12.3. The molecule has 2 N–H and O–H groups in total. The lowest BCUT2D eigenvalue weighted by molar-refractivity contribution is 0.0950. The summed E-state index contributed by atoms with van der Waals surface area (Å²) in [5.41, 5.74) is 6.61. The van der Waals surface area contributed by atoms with Crippen LogP contribution in [0.2, 0.25) is 0 Å². The van der Waals surface area contributed by atoms with Gasteiger partial charge in [0.1, 0.15) is 0 Å². The van der Waals surface area contributed by atoms with Gasteiger partial charge in [-0.3, -0.25) is 4.79 Å². The molecule has 0 aliphatic heterocycles. The summed E-state index contributed by atoms with van der Waals surface area (Å²) in [7, 11) is 0. The number of amides is 1. The van der Waals surface area contributed by atoms with Crippen LogP contribution in [0, 0.1) is 34.6 Å². The van der Waals surface area contributed by atoms with Gasteiger partial charge in [-0.2, -0.15) is 0 Å². The molecule has 0 saturated heterocycles. The van der Waals surface area contributed by atoms with Crippen LogP contribution in [-0.2, 0) is 0 Å². The van der Waals surface area contributed by atoms with Crippen molar-refractivity contribution in [2.45, 2.75) is 47.5 Å². The Morgan fingerprint density at radius 1 is 0.895 bits per heavy atom. The molecule has 3 heteroatoms. The number of rotatable bonds is 5. The predicted molar refractivity (Wildman–Crippen MR) is 78.8 cm³/mol. The number of hydrogen-bond acceptors (Lipinski definition) is 2. The van der Waals surface area contributed by atoms with Gasteiger partial charge in [-0.05, 0) is 75.3 Å². The van der Waals surface area contributed by atoms with Crippen molar-refractivity contribution in [3.05, 3.63) is 33.4 Å². The van der Waals surface area contributed by atoms with E-state index in [0.717, 1.165) is 29.5 Å². The monoisotopic (exact) mass is 263 g/mol. The third kappa shape index (κ3) is 3.35. The Kier molecular flexibility index (Phi) is 5.55. The van der Waals surface area contributed by atoms with Crippen molar-refractivity contribution in [2.24, 2.45) is 0 Å². The number of carbonyl (C=O) groups is 1. The van der Waals surface area contributed by atoms with E-state index < -0.39 is 0 Å². The van der Waals surface area contributed by atoms with Gasteiger partial charge in [0.15, 0.2) is 0 Å². The summed E-state index contributed by atoms with van der Waals surface area (Å²) in [5.74, 6) is -0.000796. The van der Waals surface area contributed by atoms with E-state index in [0.29, 0.717) is 6.54 Å². The van der Waals surface area contributed by atoms with Gasteiger partial charge in [0.05, 0.1) is 0 Å². The number of hydrogen-bond donors (Lipinski definition) is 2. The van der Waals surface area contributed by atoms with Crippen molar-refractivity contribution < 1.29 is 9.90 Å². The van der Waals surface area contributed by atoms with Gasteiger partial charge in [-0.15, -0.1) is 0 Å². The van der Waals surface area contributed by atoms with Crippen LogP contribution in [0.25, 0.3) is 0 Å². The zero-order chi connectivity index (χ0) is 14.6. The number of nitrogens with one attached hydrogen (secondary N) is 1. The zero-order valence-electron chi connectivity index (χ0n) is 12.7. The van der Waals surface area contributed by atoms with Crippen molar-refractivity contribution in [3.8, 4) is 0 Å². The van der Waals surface area contributed by atoms with Crippen LogP contribution in [0.15, 0.2) is 0 Å². The lowest BCUT2D eigenvalue weighted by atomic mass is 9.89. The maximum Gasteiger partial charge on any atom is 0.251 e. The molecule has 19 heavy (non-hydrogen) atoms. The van der Waals surface area contributed by atoms with Gasteiger partial charge in [0.2, 0.25) is 0 Å². The van der Waals surface area contributed by atoms with Crippen LogP contribution >= 0.6 is 0 Å². The highest BCUT2D eigenvalue weighted by atomic mass is 16.2. The van der Waals surface area contributed by atoms with Gasteiger partial charge in [0.25, 0.3) is 5.91 Å². The molecule has 0 saturated carbocycles. The van der Waals surface area contributed by atoms with Crippen LogP contribution in [-0.4, -0.2) is 24.2 Å². The van der Waals surface area contributed by atoms with E-state index in [4.69, 9.17) is 5.11 Å². The molecule has 0 radical (unpaired) electrons. The van der Waals surface area contributed by atoms with Gasteiger partial charge < -0.3 is 10.4 Å². The second kappa shape index (κ2) is 6.71. The summed E-state index contributed by atoms with van der Waals surface area (Å²) in [6.07, 6.45) is 1.54. The molecule has 0 heterocycles. The van der Waals surface area contributed by atoms with E-state index in [1.54, 1.807) is 0 Å². The number of unbranched alkanes of at least 4 members (excludes halogenated alkanes) is 1. The Morgan fingerprint density at radius 2 is 1.37 bits per heavy atom. The number of carbonyl (C=O) groups excluding carboxylic acids is 1. The molecule has 0 spiro atoms. The second-order valence-corrected chi connectivity index (χ2v) is 5.19.